The van der Waals surface area contributed by atoms with Gasteiger partial charge in [-0.25, -0.2) is 8.78 Å². The lowest BCUT2D eigenvalue weighted by atomic mass is 10.1. The molecule has 0 bridgehead atoms. The Morgan fingerprint density at radius 1 is 0.963 bits per heavy atom. The van der Waals surface area contributed by atoms with E-state index < -0.39 is 17.5 Å². The lowest BCUT2D eigenvalue weighted by Crippen LogP contribution is -2.31. The lowest BCUT2D eigenvalue weighted by molar-refractivity contribution is -0.123. The van der Waals surface area contributed by atoms with Gasteiger partial charge in [-0.15, -0.1) is 0 Å². The Balaban J connectivity index is 1.98. The largest absolute Gasteiger partial charge is 0.490 e. The third-order valence-corrected chi connectivity index (χ3v) is 3.70. The van der Waals surface area contributed by atoms with Crippen LogP contribution in [0, 0.1) is 11.6 Å². The van der Waals surface area contributed by atoms with Gasteiger partial charge in [-0.2, -0.15) is 0 Å². The first-order valence-corrected chi connectivity index (χ1v) is 8.71. The number of carbonyl (C=O) groups is 1. The van der Waals surface area contributed by atoms with Gasteiger partial charge in [0.2, 0.25) is 0 Å². The summed E-state index contributed by atoms with van der Waals surface area (Å²) in [5.41, 5.74) is 0.822. The summed E-state index contributed by atoms with van der Waals surface area (Å²) in [6.45, 7) is 6.18. The van der Waals surface area contributed by atoms with Gasteiger partial charge < -0.3 is 19.5 Å². The normalized spacial score (nSPS) is 11.6. The van der Waals surface area contributed by atoms with Gasteiger partial charge in [0.15, 0.2) is 29.7 Å². The maximum Gasteiger partial charge on any atom is 0.258 e. The molecule has 5 nitrogen and oxygen atoms in total. The van der Waals surface area contributed by atoms with Crippen molar-refractivity contribution in [3.8, 4) is 17.2 Å². The Hall–Kier alpha value is -2.83. The van der Waals surface area contributed by atoms with Crippen LogP contribution >= 0.6 is 0 Å². The van der Waals surface area contributed by atoms with E-state index in [2.05, 4.69) is 5.32 Å². The fourth-order valence-electron chi connectivity index (χ4n) is 2.44. The van der Waals surface area contributed by atoms with Crippen LogP contribution in [0.4, 0.5) is 8.78 Å². The van der Waals surface area contributed by atoms with Crippen LogP contribution in [0.2, 0.25) is 0 Å². The number of benzene rings is 2. The summed E-state index contributed by atoms with van der Waals surface area (Å²) in [5, 5.41) is 2.76. The second-order valence-corrected chi connectivity index (χ2v) is 5.72. The first-order chi connectivity index (χ1) is 12.9. The highest BCUT2D eigenvalue weighted by Crippen LogP contribution is 2.30. The summed E-state index contributed by atoms with van der Waals surface area (Å²) in [5.74, 6) is -0.946. The van der Waals surface area contributed by atoms with Gasteiger partial charge in [0.1, 0.15) is 5.82 Å². The van der Waals surface area contributed by atoms with Crippen LogP contribution in [0.3, 0.4) is 0 Å². The molecule has 0 aliphatic heterocycles. The van der Waals surface area contributed by atoms with Crippen molar-refractivity contribution in [2.24, 2.45) is 0 Å². The van der Waals surface area contributed by atoms with Gasteiger partial charge >= 0.3 is 0 Å². The smallest absolute Gasteiger partial charge is 0.258 e. The number of rotatable bonds is 9. The van der Waals surface area contributed by atoms with Gasteiger partial charge in [-0.1, -0.05) is 6.07 Å². The maximum atomic E-state index is 13.5. The molecule has 0 aromatic heterocycles. The lowest BCUT2D eigenvalue weighted by Gasteiger charge is -2.17. The van der Waals surface area contributed by atoms with Crippen molar-refractivity contribution in [3.63, 3.8) is 0 Å². The van der Waals surface area contributed by atoms with E-state index in [1.54, 1.807) is 12.1 Å². The molecule has 1 atom stereocenters. The van der Waals surface area contributed by atoms with E-state index in [0.29, 0.717) is 30.8 Å². The summed E-state index contributed by atoms with van der Waals surface area (Å²) in [6.07, 6.45) is 0. The van der Waals surface area contributed by atoms with Crippen molar-refractivity contribution in [1.29, 1.82) is 0 Å². The molecule has 1 N–H and O–H groups in total. The first kappa shape index (κ1) is 20.5. The summed E-state index contributed by atoms with van der Waals surface area (Å²) in [6, 6.07) is 8.01. The Morgan fingerprint density at radius 2 is 1.63 bits per heavy atom. The number of hydrogen-bond acceptors (Lipinski definition) is 4. The van der Waals surface area contributed by atoms with Crippen LogP contribution in [0.15, 0.2) is 36.4 Å². The van der Waals surface area contributed by atoms with Crippen LogP contribution in [0.1, 0.15) is 32.4 Å². The van der Waals surface area contributed by atoms with Crippen molar-refractivity contribution >= 4 is 5.91 Å². The van der Waals surface area contributed by atoms with Gasteiger partial charge in [-0.05, 0) is 50.6 Å². The molecule has 0 spiro atoms. The predicted molar refractivity (Wildman–Crippen MR) is 97.2 cm³/mol. The number of hydrogen-bond donors (Lipinski definition) is 1. The quantitative estimate of drug-likeness (QED) is 0.715. The average molecular weight is 379 g/mol. The van der Waals surface area contributed by atoms with Crippen molar-refractivity contribution in [2.75, 3.05) is 19.8 Å². The van der Waals surface area contributed by atoms with Crippen molar-refractivity contribution in [3.05, 3.63) is 53.6 Å². The van der Waals surface area contributed by atoms with E-state index in [1.807, 2.05) is 26.8 Å². The summed E-state index contributed by atoms with van der Waals surface area (Å²) in [7, 11) is 0. The molecule has 0 heterocycles. The Bertz CT molecular complexity index is 783. The minimum atomic E-state index is -0.858. The zero-order valence-corrected chi connectivity index (χ0v) is 15.6. The number of ether oxygens (including phenoxy) is 3. The van der Waals surface area contributed by atoms with E-state index in [0.717, 1.165) is 17.7 Å². The van der Waals surface area contributed by atoms with Gasteiger partial charge in [0.05, 0.1) is 19.3 Å². The number of amides is 1. The second-order valence-electron chi connectivity index (χ2n) is 5.72. The highest BCUT2D eigenvalue weighted by molar-refractivity contribution is 5.78. The fourth-order valence-corrected chi connectivity index (χ4v) is 2.44. The van der Waals surface area contributed by atoms with Gasteiger partial charge in [-0.3, -0.25) is 4.79 Å². The average Bonchev–Trinajstić information content (AvgIpc) is 2.62. The number of carbonyl (C=O) groups excluding carboxylic acids is 1. The molecule has 2 aromatic rings. The molecule has 0 aliphatic carbocycles. The summed E-state index contributed by atoms with van der Waals surface area (Å²) in [4.78, 5) is 12.1. The van der Waals surface area contributed by atoms with E-state index in [4.69, 9.17) is 14.2 Å². The van der Waals surface area contributed by atoms with Crippen molar-refractivity contribution < 1.29 is 27.8 Å². The Kier molecular flexibility index (Phi) is 7.40. The van der Waals surface area contributed by atoms with Crippen LogP contribution in [-0.2, 0) is 4.79 Å². The minimum absolute atomic E-state index is 0.182. The van der Waals surface area contributed by atoms with Gasteiger partial charge in [0.25, 0.3) is 5.91 Å². The third-order valence-electron chi connectivity index (χ3n) is 3.70. The maximum absolute atomic E-state index is 13.5. The third kappa shape index (κ3) is 5.84. The molecule has 27 heavy (non-hydrogen) atoms. The number of halogens is 2. The molecule has 0 saturated heterocycles. The fraction of sp³-hybridized carbons (Fsp3) is 0.350. The van der Waals surface area contributed by atoms with Crippen LogP contribution in [0.5, 0.6) is 17.2 Å². The molecule has 2 aromatic carbocycles. The van der Waals surface area contributed by atoms with E-state index in [9.17, 15) is 13.6 Å². The first-order valence-electron chi connectivity index (χ1n) is 8.71. The van der Waals surface area contributed by atoms with E-state index in [1.165, 1.54) is 0 Å². The standard InChI is InChI=1S/C20H23F2NO4/c1-4-25-18-8-6-14(10-19(18)26-5-2)13(3)23-20(24)12-27-17-9-7-15(21)11-16(17)22/h6-11,13H,4-5,12H2,1-3H3,(H,23,24). The Morgan fingerprint density at radius 3 is 2.30 bits per heavy atom. The van der Waals surface area contributed by atoms with Crippen molar-refractivity contribution in [2.45, 2.75) is 26.8 Å². The highest BCUT2D eigenvalue weighted by Gasteiger charge is 2.14. The SMILES string of the molecule is CCOc1ccc(C(C)NC(=O)COc2ccc(F)cc2F)cc1OCC. The molecule has 1 unspecified atom stereocenters. The molecular weight excluding hydrogens is 356 g/mol. The van der Waals surface area contributed by atoms with Crippen LogP contribution < -0.4 is 19.5 Å². The zero-order chi connectivity index (χ0) is 19.8. The molecule has 1 amide bonds. The molecule has 0 radical (unpaired) electrons. The van der Waals surface area contributed by atoms with Gasteiger partial charge in [0, 0.05) is 6.07 Å². The zero-order valence-electron chi connectivity index (χ0n) is 15.6. The topological polar surface area (TPSA) is 56.8 Å². The molecule has 2 rings (SSSR count). The monoisotopic (exact) mass is 379 g/mol. The Labute approximate surface area is 157 Å². The molecule has 0 aliphatic rings. The molecule has 0 fully saturated rings. The van der Waals surface area contributed by atoms with E-state index in [-0.39, 0.29) is 18.4 Å². The minimum Gasteiger partial charge on any atom is -0.490 e. The van der Waals surface area contributed by atoms with E-state index >= 15 is 0 Å². The number of nitrogens with one attached hydrogen (secondary N) is 1. The molecule has 146 valence electrons. The molecule has 7 heteroatoms. The second kappa shape index (κ2) is 9.75. The van der Waals surface area contributed by atoms with Crippen LogP contribution in [0.25, 0.3) is 0 Å². The summed E-state index contributed by atoms with van der Waals surface area (Å²) < 4.78 is 42.6. The molecule has 0 saturated carbocycles. The van der Waals surface area contributed by atoms with Crippen LogP contribution in [-0.4, -0.2) is 25.7 Å². The predicted octanol–water partition coefficient (Wildman–Crippen LogP) is 4.02. The molecular formula is C20H23F2NO4. The summed E-state index contributed by atoms with van der Waals surface area (Å²) >= 11 is 0. The van der Waals surface area contributed by atoms with Crippen molar-refractivity contribution in [1.82, 2.24) is 5.32 Å². The highest BCUT2D eigenvalue weighted by atomic mass is 19.1.